The molecule has 4 aromatic rings. The average molecular weight is 507 g/mol. The van der Waals surface area contributed by atoms with Crippen LogP contribution in [-0.4, -0.2) is 47.8 Å². The van der Waals surface area contributed by atoms with E-state index in [9.17, 15) is 9.59 Å². The van der Waals surface area contributed by atoms with E-state index in [0.29, 0.717) is 40.1 Å². The summed E-state index contributed by atoms with van der Waals surface area (Å²) < 4.78 is 4.32. The molecule has 0 aliphatic carbocycles. The first-order valence-corrected chi connectivity index (χ1v) is 12.2. The molecule has 36 heavy (non-hydrogen) atoms. The van der Waals surface area contributed by atoms with Crippen molar-refractivity contribution in [3.63, 3.8) is 0 Å². The van der Waals surface area contributed by atoms with Gasteiger partial charge in [0.2, 0.25) is 5.95 Å². The van der Waals surface area contributed by atoms with E-state index in [2.05, 4.69) is 26.7 Å². The van der Waals surface area contributed by atoms with E-state index >= 15 is 0 Å². The molecule has 0 amide bonds. The average Bonchev–Trinajstić information content (AvgIpc) is 3.24. The molecule has 0 bridgehead atoms. The van der Waals surface area contributed by atoms with Crippen molar-refractivity contribution < 1.29 is 0 Å². The minimum atomic E-state index is -0.518. The number of nitrogens with zero attached hydrogens (tertiary/aromatic N) is 7. The Morgan fingerprint density at radius 1 is 1.19 bits per heavy atom. The molecule has 5 rings (SSSR count). The standard InChI is InChI=1S/C25H27ClN8O2/c1-4-5-11-33-24(31-10-6-7-18(27)13-31)30-22-15(2)23(35)32(25(36)34(22)33)14-21-28-16(3)19-12-17(26)8-9-20(19)29-21/h8-9,12,18H,6-7,10-11,13-14,27H2,1-3H3/t18-/m1/s1. The second-order valence-electron chi connectivity index (χ2n) is 9.07. The molecule has 10 nitrogen and oxygen atoms in total. The van der Waals surface area contributed by atoms with E-state index in [4.69, 9.17) is 22.3 Å². The van der Waals surface area contributed by atoms with Crippen LogP contribution in [0.2, 0.25) is 5.02 Å². The summed E-state index contributed by atoms with van der Waals surface area (Å²) in [4.78, 5) is 43.0. The van der Waals surface area contributed by atoms with Crippen LogP contribution in [0.3, 0.4) is 0 Å². The lowest BCUT2D eigenvalue weighted by Crippen LogP contribution is -2.44. The number of aryl methyl sites for hydroxylation is 2. The van der Waals surface area contributed by atoms with Crippen molar-refractivity contribution >= 4 is 34.1 Å². The maximum absolute atomic E-state index is 13.7. The molecule has 11 heteroatoms. The lowest BCUT2D eigenvalue weighted by atomic mass is 10.1. The van der Waals surface area contributed by atoms with Gasteiger partial charge in [0.15, 0.2) is 5.65 Å². The number of anilines is 1. The Morgan fingerprint density at radius 2 is 2.00 bits per heavy atom. The quantitative estimate of drug-likeness (QED) is 0.420. The summed E-state index contributed by atoms with van der Waals surface area (Å²) in [6.07, 6.45) is 1.86. The van der Waals surface area contributed by atoms with E-state index < -0.39 is 11.2 Å². The van der Waals surface area contributed by atoms with Crippen molar-refractivity contribution in [3.05, 3.63) is 61.1 Å². The van der Waals surface area contributed by atoms with Crippen molar-refractivity contribution in [2.75, 3.05) is 18.0 Å². The molecule has 1 aromatic carbocycles. The summed E-state index contributed by atoms with van der Waals surface area (Å²) in [6.45, 7) is 6.83. The SMILES string of the molecule is CC#CCn1c(N2CCC[C@@H](N)C2)nc2c(C)c(=O)n(Cc3nc(C)c4cc(Cl)ccc4n3)c(=O)n21. The zero-order chi connectivity index (χ0) is 25.6. The molecule has 0 spiro atoms. The van der Waals surface area contributed by atoms with Gasteiger partial charge >= 0.3 is 5.69 Å². The Kier molecular flexibility index (Phi) is 6.28. The van der Waals surface area contributed by atoms with Gasteiger partial charge in [-0.2, -0.15) is 9.50 Å². The molecule has 4 heterocycles. The molecule has 2 N–H and O–H groups in total. The third kappa shape index (κ3) is 4.14. The summed E-state index contributed by atoms with van der Waals surface area (Å²) in [6, 6.07) is 5.37. The molecular weight excluding hydrogens is 480 g/mol. The largest absolute Gasteiger partial charge is 0.352 e. The van der Waals surface area contributed by atoms with Crippen LogP contribution >= 0.6 is 11.6 Å². The van der Waals surface area contributed by atoms with Gasteiger partial charge in [0.1, 0.15) is 12.4 Å². The van der Waals surface area contributed by atoms with Gasteiger partial charge < -0.3 is 10.6 Å². The van der Waals surface area contributed by atoms with Gasteiger partial charge in [-0.1, -0.05) is 17.5 Å². The lowest BCUT2D eigenvalue weighted by Gasteiger charge is -2.31. The maximum Gasteiger partial charge on any atom is 0.352 e. The van der Waals surface area contributed by atoms with Gasteiger partial charge in [0.25, 0.3) is 5.56 Å². The van der Waals surface area contributed by atoms with Crippen molar-refractivity contribution in [3.8, 4) is 11.8 Å². The predicted molar refractivity (Wildman–Crippen MR) is 140 cm³/mol. The normalized spacial score (nSPS) is 15.9. The molecule has 1 fully saturated rings. The molecule has 3 aromatic heterocycles. The summed E-state index contributed by atoms with van der Waals surface area (Å²) >= 11 is 6.12. The summed E-state index contributed by atoms with van der Waals surface area (Å²) in [5.74, 6) is 6.86. The highest BCUT2D eigenvalue weighted by atomic mass is 35.5. The van der Waals surface area contributed by atoms with E-state index in [1.54, 1.807) is 36.7 Å². The number of rotatable bonds is 4. The summed E-state index contributed by atoms with van der Waals surface area (Å²) in [7, 11) is 0. The lowest BCUT2D eigenvalue weighted by molar-refractivity contribution is 0.485. The second-order valence-corrected chi connectivity index (χ2v) is 9.50. The summed E-state index contributed by atoms with van der Waals surface area (Å²) in [5.41, 5.74) is 7.36. The van der Waals surface area contributed by atoms with Crippen LogP contribution in [0.4, 0.5) is 5.95 Å². The molecule has 1 atom stereocenters. The number of fused-ring (bicyclic) bond motifs is 2. The first-order chi connectivity index (χ1) is 17.3. The van der Waals surface area contributed by atoms with Crippen LogP contribution < -0.4 is 21.9 Å². The molecule has 0 unspecified atom stereocenters. The zero-order valence-corrected chi connectivity index (χ0v) is 21.2. The number of aromatic nitrogens is 6. The maximum atomic E-state index is 13.7. The Bertz CT molecular complexity index is 1670. The van der Waals surface area contributed by atoms with Crippen LogP contribution in [0.1, 0.15) is 36.8 Å². The zero-order valence-electron chi connectivity index (χ0n) is 20.5. The monoisotopic (exact) mass is 506 g/mol. The van der Waals surface area contributed by atoms with Crippen LogP contribution in [0, 0.1) is 25.7 Å². The molecule has 1 saturated heterocycles. The fourth-order valence-corrected chi connectivity index (χ4v) is 4.90. The molecule has 0 radical (unpaired) electrons. The Morgan fingerprint density at radius 3 is 2.75 bits per heavy atom. The van der Waals surface area contributed by atoms with Gasteiger partial charge in [-0.25, -0.2) is 19.4 Å². The van der Waals surface area contributed by atoms with E-state index in [1.807, 2.05) is 6.92 Å². The predicted octanol–water partition coefficient (Wildman–Crippen LogP) is 1.87. The van der Waals surface area contributed by atoms with Crippen LogP contribution in [-0.2, 0) is 13.1 Å². The third-order valence-corrected chi connectivity index (χ3v) is 6.77. The number of halogens is 1. The highest BCUT2D eigenvalue weighted by Crippen LogP contribution is 2.21. The molecule has 1 aliphatic heterocycles. The molecular formula is C25H27ClN8O2. The number of hydrogen-bond acceptors (Lipinski definition) is 7. The first-order valence-electron chi connectivity index (χ1n) is 11.8. The van der Waals surface area contributed by atoms with Crippen molar-refractivity contribution in [1.82, 2.24) is 28.7 Å². The van der Waals surface area contributed by atoms with Gasteiger partial charge in [-0.3, -0.25) is 9.36 Å². The van der Waals surface area contributed by atoms with Crippen LogP contribution in [0.25, 0.3) is 16.6 Å². The Hall–Kier alpha value is -3.68. The van der Waals surface area contributed by atoms with Crippen molar-refractivity contribution in [1.29, 1.82) is 0 Å². The van der Waals surface area contributed by atoms with E-state index in [-0.39, 0.29) is 19.1 Å². The minimum Gasteiger partial charge on any atom is -0.339 e. The Balaban J connectivity index is 1.68. The number of benzene rings is 1. The van der Waals surface area contributed by atoms with E-state index in [1.165, 1.54) is 4.52 Å². The minimum absolute atomic E-state index is 0.0188. The van der Waals surface area contributed by atoms with Gasteiger partial charge in [-0.05, 0) is 51.8 Å². The van der Waals surface area contributed by atoms with Crippen molar-refractivity contribution in [2.45, 2.75) is 52.7 Å². The van der Waals surface area contributed by atoms with Crippen LogP contribution in [0.5, 0.6) is 0 Å². The van der Waals surface area contributed by atoms with Crippen molar-refractivity contribution in [2.24, 2.45) is 5.73 Å². The topological polar surface area (TPSA) is 116 Å². The third-order valence-electron chi connectivity index (χ3n) is 6.53. The highest BCUT2D eigenvalue weighted by Gasteiger charge is 2.26. The number of nitrogens with two attached hydrogens (primary N) is 1. The Labute approximate surface area is 212 Å². The van der Waals surface area contributed by atoms with Crippen LogP contribution in [0.15, 0.2) is 27.8 Å². The summed E-state index contributed by atoms with van der Waals surface area (Å²) in [5, 5.41) is 1.41. The fraction of sp³-hybridized carbons (Fsp3) is 0.400. The first kappa shape index (κ1) is 24.0. The van der Waals surface area contributed by atoms with Gasteiger partial charge in [0.05, 0.1) is 17.6 Å². The molecule has 1 aliphatic rings. The van der Waals surface area contributed by atoms with E-state index in [0.717, 1.165) is 35.0 Å². The number of piperidine rings is 1. The van der Waals surface area contributed by atoms with Gasteiger partial charge in [0, 0.05) is 35.2 Å². The second kappa shape index (κ2) is 9.41. The molecule has 0 saturated carbocycles. The van der Waals surface area contributed by atoms with Gasteiger partial charge in [-0.15, -0.1) is 5.92 Å². The fourth-order valence-electron chi connectivity index (χ4n) is 4.73. The smallest absolute Gasteiger partial charge is 0.339 e. The number of hydrogen-bond donors (Lipinski definition) is 1. The highest BCUT2D eigenvalue weighted by molar-refractivity contribution is 6.31. The molecule has 186 valence electrons.